The van der Waals surface area contributed by atoms with E-state index in [2.05, 4.69) is 0 Å². The third-order valence-corrected chi connectivity index (χ3v) is 1.26. The van der Waals surface area contributed by atoms with Gasteiger partial charge in [-0.1, -0.05) is 11.6 Å². The molecule has 1 aromatic heterocycles. The molecule has 3 nitrogen and oxygen atoms in total. The standard InChI is InChI=1S/C5H4ClFN2O/c6-5-1-4(8)3(7)2-9(5)10/h1-2,8,10H. The fraction of sp³-hybridized carbons (Fsp3) is 0. The number of pyridine rings is 1. The van der Waals surface area contributed by atoms with Gasteiger partial charge >= 0.3 is 0 Å². The minimum atomic E-state index is -0.813. The van der Waals surface area contributed by atoms with Gasteiger partial charge in [0.1, 0.15) is 5.15 Å². The van der Waals surface area contributed by atoms with Gasteiger partial charge in [-0.25, -0.2) is 4.39 Å². The van der Waals surface area contributed by atoms with Crippen molar-refractivity contribution >= 4 is 11.6 Å². The van der Waals surface area contributed by atoms with Crippen LogP contribution in [0.3, 0.4) is 0 Å². The number of hydrogen-bond acceptors (Lipinski definition) is 2. The van der Waals surface area contributed by atoms with Gasteiger partial charge in [-0.15, -0.1) is 0 Å². The molecule has 0 aromatic carbocycles. The number of hydrogen-bond donors (Lipinski definition) is 2. The molecule has 0 aliphatic heterocycles. The molecule has 0 radical (unpaired) electrons. The summed E-state index contributed by atoms with van der Waals surface area (Å²) in [6.07, 6.45) is 0.727. The average Bonchev–Trinajstić information content (AvgIpc) is 1.84. The summed E-state index contributed by atoms with van der Waals surface area (Å²) in [5.74, 6) is -0.813. The first kappa shape index (κ1) is 7.08. The second kappa shape index (κ2) is 2.30. The number of halogens is 2. The van der Waals surface area contributed by atoms with E-state index in [0.29, 0.717) is 4.73 Å². The maximum atomic E-state index is 12.3. The van der Waals surface area contributed by atoms with Crippen LogP contribution in [0.25, 0.3) is 0 Å². The van der Waals surface area contributed by atoms with Crippen molar-refractivity contribution in [2.24, 2.45) is 0 Å². The van der Waals surface area contributed by atoms with Gasteiger partial charge in [0.25, 0.3) is 0 Å². The lowest BCUT2D eigenvalue weighted by Crippen LogP contribution is -2.09. The molecule has 1 rings (SSSR count). The largest absolute Gasteiger partial charge is 0.427 e. The minimum absolute atomic E-state index is 0.0913. The van der Waals surface area contributed by atoms with Crippen LogP contribution in [0.15, 0.2) is 12.3 Å². The molecule has 0 saturated carbocycles. The molecule has 2 N–H and O–H groups in total. The molecule has 0 aliphatic rings. The summed E-state index contributed by atoms with van der Waals surface area (Å²) in [6.45, 7) is 0. The second-order valence-electron chi connectivity index (χ2n) is 1.70. The summed E-state index contributed by atoms with van der Waals surface area (Å²) in [5, 5.41) is 15.1. The van der Waals surface area contributed by atoms with Crippen molar-refractivity contribution in [1.82, 2.24) is 4.73 Å². The molecule has 0 bridgehead atoms. The maximum Gasteiger partial charge on any atom is 0.167 e. The Kier molecular flexibility index (Phi) is 1.63. The number of nitrogens with one attached hydrogen (secondary N) is 1. The summed E-state index contributed by atoms with van der Waals surface area (Å²) in [7, 11) is 0. The Morgan fingerprint density at radius 2 is 2.30 bits per heavy atom. The molecule has 0 amide bonds. The fourth-order valence-electron chi connectivity index (χ4n) is 0.493. The fourth-order valence-corrected chi connectivity index (χ4v) is 0.651. The maximum absolute atomic E-state index is 12.3. The van der Waals surface area contributed by atoms with E-state index in [9.17, 15) is 4.39 Å². The van der Waals surface area contributed by atoms with Gasteiger partial charge in [0.05, 0.1) is 11.6 Å². The van der Waals surface area contributed by atoms with E-state index in [1.807, 2.05) is 0 Å². The van der Waals surface area contributed by atoms with E-state index in [1.165, 1.54) is 0 Å². The van der Waals surface area contributed by atoms with Crippen LogP contribution in [0.5, 0.6) is 0 Å². The van der Waals surface area contributed by atoms with E-state index in [-0.39, 0.29) is 10.5 Å². The van der Waals surface area contributed by atoms with Crippen molar-refractivity contribution in [2.75, 3.05) is 0 Å². The van der Waals surface area contributed by atoms with E-state index >= 15 is 0 Å². The van der Waals surface area contributed by atoms with Gasteiger partial charge in [-0.3, -0.25) is 5.41 Å². The topological polar surface area (TPSA) is 49.0 Å². The van der Waals surface area contributed by atoms with Crippen LogP contribution < -0.4 is 5.36 Å². The summed E-state index contributed by atoms with van der Waals surface area (Å²) in [6, 6.07) is 1.01. The predicted molar refractivity (Wildman–Crippen MR) is 32.4 cm³/mol. The van der Waals surface area contributed by atoms with Crippen molar-refractivity contribution in [3.63, 3.8) is 0 Å². The number of nitrogens with zero attached hydrogens (tertiary/aromatic N) is 1. The van der Waals surface area contributed by atoms with Crippen LogP contribution in [0, 0.1) is 11.2 Å². The zero-order chi connectivity index (χ0) is 7.72. The molecule has 0 aliphatic carbocycles. The predicted octanol–water partition coefficient (Wildman–Crippen LogP) is 0.997. The normalized spacial score (nSPS) is 9.80. The second-order valence-corrected chi connectivity index (χ2v) is 2.09. The molecule has 0 atom stereocenters. The highest BCUT2D eigenvalue weighted by Crippen LogP contribution is 2.02. The lowest BCUT2D eigenvalue weighted by Gasteiger charge is -1.98. The zero-order valence-electron chi connectivity index (χ0n) is 4.81. The lowest BCUT2D eigenvalue weighted by molar-refractivity contribution is 0.180. The first-order valence-electron chi connectivity index (χ1n) is 2.43. The Bertz CT molecular complexity index is 309. The highest BCUT2D eigenvalue weighted by molar-refractivity contribution is 6.29. The molecule has 10 heavy (non-hydrogen) atoms. The van der Waals surface area contributed by atoms with Crippen molar-refractivity contribution in [3.05, 3.63) is 28.6 Å². The molecule has 0 fully saturated rings. The first-order valence-corrected chi connectivity index (χ1v) is 2.80. The number of rotatable bonds is 0. The Balaban J connectivity index is 3.43. The van der Waals surface area contributed by atoms with Crippen molar-refractivity contribution in [2.45, 2.75) is 0 Å². The summed E-state index contributed by atoms with van der Waals surface area (Å²) >= 11 is 5.31. The van der Waals surface area contributed by atoms with Crippen LogP contribution in [0.4, 0.5) is 4.39 Å². The molecule has 0 saturated heterocycles. The van der Waals surface area contributed by atoms with Crippen LogP contribution >= 0.6 is 11.6 Å². The average molecular weight is 163 g/mol. The van der Waals surface area contributed by atoms with E-state index in [1.54, 1.807) is 0 Å². The Morgan fingerprint density at radius 1 is 1.70 bits per heavy atom. The smallest absolute Gasteiger partial charge is 0.167 e. The van der Waals surface area contributed by atoms with Crippen LogP contribution in [0.2, 0.25) is 5.15 Å². The minimum Gasteiger partial charge on any atom is -0.427 e. The highest BCUT2D eigenvalue weighted by atomic mass is 35.5. The van der Waals surface area contributed by atoms with Crippen LogP contribution in [-0.2, 0) is 0 Å². The quantitative estimate of drug-likeness (QED) is 0.434. The molecule has 0 unspecified atom stereocenters. The summed E-state index contributed by atoms with van der Waals surface area (Å²) in [4.78, 5) is 0. The van der Waals surface area contributed by atoms with Gasteiger partial charge in [0.2, 0.25) is 0 Å². The van der Waals surface area contributed by atoms with Gasteiger partial charge in [0.15, 0.2) is 5.82 Å². The van der Waals surface area contributed by atoms with Crippen LogP contribution in [-0.4, -0.2) is 9.94 Å². The van der Waals surface area contributed by atoms with Crippen molar-refractivity contribution in [3.8, 4) is 0 Å². The third-order valence-electron chi connectivity index (χ3n) is 0.975. The van der Waals surface area contributed by atoms with Crippen molar-refractivity contribution in [1.29, 1.82) is 5.41 Å². The van der Waals surface area contributed by atoms with Crippen molar-refractivity contribution < 1.29 is 9.60 Å². The highest BCUT2D eigenvalue weighted by Gasteiger charge is 1.98. The molecule has 0 spiro atoms. The Hall–Kier alpha value is -1.03. The molecule has 1 aromatic rings. The lowest BCUT2D eigenvalue weighted by atomic mass is 10.4. The van der Waals surface area contributed by atoms with E-state index < -0.39 is 5.82 Å². The molecule has 5 heteroatoms. The summed E-state index contributed by atoms with van der Waals surface area (Å²) in [5.41, 5.74) is 0. The Labute approximate surface area is 60.8 Å². The SMILES string of the molecule is N=c1cc(Cl)n(O)cc1F. The molecular weight excluding hydrogens is 159 g/mol. The monoisotopic (exact) mass is 162 g/mol. The van der Waals surface area contributed by atoms with Crippen LogP contribution in [0.1, 0.15) is 0 Å². The van der Waals surface area contributed by atoms with Gasteiger partial charge in [-0.05, 0) is 0 Å². The Morgan fingerprint density at radius 3 is 2.80 bits per heavy atom. The van der Waals surface area contributed by atoms with Gasteiger partial charge in [0, 0.05) is 6.07 Å². The van der Waals surface area contributed by atoms with Gasteiger partial charge in [-0.2, -0.15) is 4.73 Å². The summed E-state index contributed by atoms with van der Waals surface area (Å²) < 4.78 is 12.7. The zero-order valence-corrected chi connectivity index (χ0v) is 5.56. The van der Waals surface area contributed by atoms with Gasteiger partial charge < -0.3 is 5.21 Å². The van der Waals surface area contributed by atoms with E-state index in [0.717, 1.165) is 12.3 Å². The molecule has 54 valence electrons. The van der Waals surface area contributed by atoms with E-state index in [4.69, 9.17) is 22.2 Å². The third kappa shape index (κ3) is 1.11. The molecular formula is C5H4ClFN2O. The first-order chi connectivity index (χ1) is 4.61. The molecule has 1 heterocycles. The number of aromatic nitrogens is 1.